The Morgan fingerprint density at radius 3 is 2.50 bits per heavy atom. The van der Waals surface area contributed by atoms with Crippen molar-refractivity contribution in [2.24, 2.45) is 5.84 Å². The molecule has 0 saturated heterocycles. The Labute approximate surface area is 175 Å². The monoisotopic (exact) mass is 437 g/mol. The van der Waals surface area contributed by atoms with Gasteiger partial charge in [0.15, 0.2) is 0 Å². The van der Waals surface area contributed by atoms with Crippen molar-refractivity contribution < 1.29 is 9.59 Å². The number of carbonyl (C=O) groups is 2. The second-order valence-corrected chi connectivity index (χ2v) is 6.97. The number of aromatic nitrogens is 2. The van der Waals surface area contributed by atoms with E-state index in [-0.39, 0.29) is 27.1 Å². The van der Waals surface area contributed by atoms with Gasteiger partial charge in [-0.1, -0.05) is 40.9 Å². The van der Waals surface area contributed by atoms with Crippen LogP contribution in [0.3, 0.4) is 0 Å². The van der Waals surface area contributed by atoms with Crippen LogP contribution in [0.1, 0.15) is 26.4 Å². The van der Waals surface area contributed by atoms with Gasteiger partial charge in [-0.3, -0.25) is 19.6 Å². The van der Waals surface area contributed by atoms with Gasteiger partial charge >= 0.3 is 0 Å². The first kappa shape index (κ1) is 20.2. The van der Waals surface area contributed by atoms with Gasteiger partial charge in [-0.2, -0.15) is 0 Å². The number of hydrogen-bond acceptors (Lipinski definition) is 4. The van der Waals surface area contributed by atoms with Crippen LogP contribution in [0.25, 0.3) is 5.82 Å². The molecular formula is C18H14Cl3N5O2. The average Bonchev–Trinajstić information content (AvgIpc) is 2.98. The molecule has 3 rings (SSSR count). The maximum absolute atomic E-state index is 13.0. The lowest BCUT2D eigenvalue weighted by Crippen LogP contribution is -2.31. The molecule has 0 unspecified atom stereocenters. The topological polar surface area (TPSA) is 102 Å². The van der Waals surface area contributed by atoms with Crippen LogP contribution in [0.15, 0.2) is 42.6 Å². The lowest BCUT2D eigenvalue weighted by atomic mass is 10.1. The van der Waals surface area contributed by atoms with Crippen molar-refractivity contribution in [3.8, 4) is 5.82 Å². The molecule has 0 fully saturated rings. The number of halogens is 3. The molecule has 0 radical (unpaired) electrons. The van der Waals surface area contributed by atoms with Gasteiger partial charge in [0.05, 0.1) is 16.3 Å². The van der Waals surface area contributed by atoms with E-state index in [0.29, 0.717) is 16.4 Å². The summed E-state index contributed by atoms with van der Waals surface area (Å²) in [4.78, 5) is 29.3. The highest BCUT2D eigenvalue weighted by molar-refractivity contribution is 6.42. The fraction of sp³-hybridized carbons (Fsp3) is 0.0556. The summed E-state index contributed by atoms with van der Waals surface area (Å²) in [5.41, 5.74) is 3.13. The Hall–Kier alpha value is -2.58. The summed E-state index contributed by atoms with van der Waals surface area (Å²) in [7, 11) is 0. The Bertz CT molecular complexity index is 1070. The predicted molar refractivity (Wildman–Crippen MR) is 109 cm³/mol. The van der Waals surface area contributed by atoms with Gasteiger partial charge in [-0.05, 0) is 42.8 Å². The van der Waals surface area contributed by atoms with Gasteiger partial charge in [-0.15, -0.1) is 0 Å². The molecule has 2 amide bonds. The number of nitrogen functional groups attached to an aromatic ring is 1. The number of aryl methyl sites for hydroxylation is 1. The molecule has 0 spiro atoms. The maximum Gasteiger partial charge on any atom is 0.272 e. The molecule has 0 atom stereocenters. The van der Waals surface area contributed by atoms with E-state index < -0.39 is 11.8 Å². The van der Waals surface area contributed by atoms with Crippen LogP contribution in [0.5, 0.6) is 0 Å². The summed E-state index contributed by atoms with van der Waals surface area (Å²) >= 11 is 18.4. The van der Waals surface area contributed by atoms with Crippen molar-refractivity contribution in [1.82, 2.24) is 15.0 Å². The van der Waals surface area contributed by atoms with Crippen molar-refractivity contribution in [2.45, 2.75) is 6.92 Å². The normalized spacial score (nSPS) is 10.6. The van der Waals surface area contributed by atoms with Crippen LogP contribution in [-0.2, 0) is 0 Å². The molecule has 0 bridgehead atoms. The molecule has 144 valence electrons. The standard InChI is InChI=1S/C18H14Cl3N5O2/c1-9-6-10(19)7-11(17(27)25-22)15(9)24-18(28)13-8-12(20)16(21)26(13)14-4-2-3-5-23-14/h2-8H,22H2,1H3,(H,24,28)(H,25,27). The molecule has 0 aliphatic heterocycles. The summed E-state index contributed by atoms with van der Waals surface area (Å²) in [6.07, 6.45) is 1.56. The number of nitrogens with two attached hydrogens (primary N) is 1. The molecule has 0 saturated carbocycles. The molecule has 1 aromatic carbocycles. The minimum absolute atomic E-state index is 0.119. The third kappa shape index (κ3) is 3.83. The summed E-state index contributed by atoms with van der Waals surface area (Å²) in [5.74, 6) is 4.50. The third-order valence-corrected chi connectivity index (χ3v) is 4.90. The first-order chi connectivity index (χ1) is 13.3. The Kier molecular flexibility index (Phi) is 5.90. The lowest BCUT2D eigenvalue weighted by molar-refractivity contribution is 0.0954. The van der Waals surface area contributed by atoms with Crippen LogP contribution >= 0.6 is 34.8 Å². The van der Waals surface area contributed by atoms with Crippen LogP contribution in [0, 0.1) is 6.92 Å². The van der Waals surface area contributed by atoms with E-state index in [1.54, 1.807) is 37.4 Å². The number of nitrogens with zero attached hydrogens (tertiary/aromatic N) is 2. The zero-order chi connectivity index (χ0) is 20.4. The Morgan fingerprint density at radius 2 is 1.86 bits per heavy atom. The van der Waals surface area contributed by atoms with Crippen LogP contribution in [0.4, 0.5) is 5.69 Å². The van der Waals surface area contributed by atoms with E-state index in [4.69, 9.17) is 40.6 Å². The van der Waals surface area contributed by atoms with Gasteiger partial charge in [0.25, 0.3) is 11.8 Å². The van der Waals surface area contributed by atoms with Crippen LogP contribution in [0.2, 0.25) is 15.2 Å². The summed E-state index contributed by atoms with van der Waals surface area (Å²) in [5, 5.41) is 3.36. The van der Waals surface area contributed by atoms with Crippen molar-refractivity contribution in [1.29, 1.82) is 0 Å². The van der Waals surface area contributed by atoms with E-state index in [1.807, 2.05) is 5.43 Å². The van der Waals surface area contributed by atoms with Crippen LogP contribution < -0.4 is 16.6 Å². The molecule has 7 nitrogen and oxygen atoms in total. The molecular weight excluding hydrogens is 425 g/mol. The zero-order valence-corrected chi connectivity index (χ0v) is 16.7. The van der Waals surface area contributed by atoms with Crippen LogP contribution in [-0.4, -0.2) is 21.4 Å². The van der Waals surface area contributed by atoms with E-state index in [2.05, 4.69) is 10.3 Å². The van der Waals surface area contributed by atoms with Gasteiger partial charge < -0.3 is 5.32 Å². The minimum atomic E-state index is -0.600. The highest BCUT2D eigenvalue weighted by Gasteiger charge is 2.23. The van der Waals surface area contributed by atoms with Gasteiger partial charge in [0.2, 0.25) is 0 Å². The second-order valence-electron chi connectivity index (χ2n) is 5.76. The quantitative estimate of drug-likeness (QED) is 0.325. The van der Waals surface area contributed by atoms with Crippen molar-refractivity contribution in [3.05, 3.63) is 74.6 Å². The minimum Gasteiger partial charge on any atom is -0.320 e. The first-order valence-electron chi connectivity index (χ1n) is 7.94. The number of hydrogen-bond donors (Lipinski definition) is 3. The van der Waals surface area contributed by atoms with E-state index in [1.165, 1.54) is 16.7 Å². The second kappa shape index (κ2) is 8.20. The summed E-state index contributed by atoms with van der Waals surface area (Å²) in [6.45, 7) is 1.70. The highest BCUT2D eigenvalue weighted by Crippen LogP contribution is 2.31. The molecule has 2 heterocycles. The largest absolute Gasteiger partial charge is 0.320 e. The molecule has 2 aromatic heterocycles. The third-order valence-electron chi connectivity index (χ3n) is 3.92. The number of anilines is 1. The number of rotatable bonds is 4. The maximum atomic E-state index is 13.0. The zero-order valence-electron chi connectivity index (χ0n) is 14.5. The lowest BCUT2D eigenvalue weighted by Gasteiger charge is -2.15. The van der Waals surface area contributed by atoms with Crippen molar-refractivity contribution in [2.75, 3.05) is 5.32 Å². The average molecular weight is 439 g/mol. The smallest absolute Gasteiger partial charge is 0.272 e. The van der Waals surface area contributed by atoms with E-state index in [0.717, 1.165) is 0 Å². The van der Waals surface area contributed by atoms with Gasteiger partial charge in [-0.25, -0.2) is 10.8 Å². The summed E-state index contributed by atoms with van der Waals surface area (Å²) < 4.78 is 1.41. The molecule has 28 heavy (non-hydrogen) atoms. The number of hydrazine groups is 1. The Morgan fingerprint density at radius 1 is 1.11 bits per heavy atom. The molecule has 10 heteroatoms. The molecule has 4 N–H and O–H groups in total. The van der Waals surface area contributed by atoms with Crippen molar-refractivity contribution >= 4 is 52.3 Å². The SMILES string of the molecule is Cc1cc(Cl)cc(C(=O)NN)c1NC(=O)c1cc(Cl)c(Cl)n1-c1ccccn1. The fourth-order valence-electron chi connectivity index (χ4n) is 2.68. The molecule has 0 aliphatic carbocycles. The van der Waals surface area contributed by atoms with E-state index in [9.17, 15) is 9.59 Å². The number of pyridine rings is 1. The highest BCUT2D eigenvalue weighted by atomic mass is 35.5. The first-order valence-corrected chi connectivity index (χ1v) is 9.07. The predicted octanol–water partition coefficient (Wildman–Crippen LogP) is 4.00. The van der Waals surface area contributed by atoms with Crippen molar-refractivity contribution in [3.63, 3.8) is 0 Å². The number of nitrogens with one attached hydrogen (secondary N) is 2. The fourth-order valence-corrected chi connectivity index (χ4v) is 3.37. The number of amides is 2. The van der Waals surface area contributed by atoms with Gasteiger partial charge in [0.1, 0.15) is 16.7 Å². The van der Waals surface area contributed by atoms with Gasteiger partial charge in [0, 0.05) is 11.2 Å². The summed E-state index contributed by atoms with van der Waals surface area (Å²) in [6, 6.07) is 9.60. The number of carbonyl (C=O) groups excluding carboxylic acids is 2. The molecule has 3 aromatic rings. The molecule has 0 aliphatic rings. The Balaban J connectivity index is 2.07. The number of benzene rings is 1. The van der Waals surface area contributed by atoms with E-state index >= 15 is 0 Å².